The summed E-state index contributed by atoms with van der Waals surface area (Å²) >= 11 is 6.23. The zero-order chi connectivity index (χ0) is 22.9. The smallest absolute Gasteiger partial charge is 0.330 e. The molecule has 3 rings (SSSR count). The molecule has 2 aromatic heterocycles. The number of halogens is 1. The molecule has 0 atom stereocenters. The maximum atomic E-state index is 13.6. The Hall–Kier alpha value is -3.00. The fraction of sp³-hybridized carbons (Fsp3) is 0.409. The molecule has 0 aliphatic carbocycles. The summed E-state index contributed by atoms with van der Waals surface area (Å²) in [6, 6.07) is 5.27. The predicted molar refractivity (Wildman–Crippen MR) is 123 cm³/mol. The summed E-state index contributed by atoms with van der Waals surface area (Å²) in [4.78, 5) is 42.2. The lowest BCUT2D eigenvalue weighted by Crippen LogP contribution is -2.42. The maximum Gasteiger partial charge on any atom is 0.330 e. The van der Waals surface area contributed by atoms with Gasteiger partial charge in [-0.05, 0) is 25.3 Å². The van der Waals surface area contributed by atoms with E-state index >= 15 is 0 Å². The van der Waals surface area contributed by atoms with Gasteiger partial charge in [0.25, 0.3) is 11.5 Å². The molecule has 9 heteroatoms. The number of H-pyrrole nitrogens is 1. The normalized spacial score (nSPS) is 11.4. The maximum absolute atomic E-state index is 13.6. The molecule has 0 bridgehead atoms. The molecule has 166 valence electrons. The van der Waals surface area contributed by atoms with Crippen molar-refractivity contribution in [1.82, 2.24) is 9.55 Å². The van der Waals surface area contributed by atoms with Crippen LogP contribution in [-0.2, 0) is 6.54 Å². The molecule has 0 aliphatic rings. The summed E-state index contributed by atoms with van der Waals surface area (Å²) in [6.07, 6.45) is 1.54. The number of nitrogen functional groups attached to an aromatic ring is 1. The first kappa shape index (κ1) is 22.7. The van der Waals surface area contributed by atoms with Crippen LogP contribution in [0.1, 0.15) is 49.7 Å². The van der Waals surface area contributed by atoms with Gasteiger partial charge in [-0.2, -0.15) is 0 Å². The molecule has 1 amide bonds. The number of furan rings is 1. The zero-order valence-electron chi connectivity index (χ0n) is 18.1. The molecular weight excluding hydrogens is 420 g/mol. The van der Waals surface area contributed by atoms with Crippen molar-refractivity contribution in [3.8, 4) is 0 Å². The van der Waals surface area contributed by atoms with Crippen molar-refractivity contribution < 1.29 is 9.21 Å². The number of amides is 1. The van der Waals surface area contributed by atoms with Crippen LogP contribution in [0.25, 0.3) is 11.0 Å². The van der Waals surface area contributed by atoms with Gasteiger partial charge in [0.2, 0.25) is 0 Å². The Morgan fingerprint density at radius 1 is 1.32 bits per heavy atom. The first-order valence-corrected chi connectivity index (χ1v) is 10.7. The molecule has 1 aromatic carbocycles. The van der Waals surface area contributed by atoms with Gasteiger partial charge >= 0.3 is 5.69 Å². The van der Waals surface area contributed by atoms with E-state index in [-0.39, 0.29) is 29.7 Å². The number of hydrogen-bond donors (Lipinski definition) is 2. The van der Waals surface area contributed by atoms with Gasteiger partial charge in [-0.1, -0.05) is 50.9 Å². The number of carbonyl (C=O) groups is 1. The van der Waals surface area contributed by atoms with Gasteiger partial charge in [0.15, 0.2) is 17.0 Å². The van der Waals surface area contributed by atoms with Crippen LogP contribution < -0.4 is 21.9 Å². The predicted octanol–water partition coefficient (Wildman–Crippen LogP) is 3.93. The number of nitrogens with zero attached hydrogens (tertiary/aromatic N) is 2. The first-order chi connectivity index (χ1) is 14.7. The first-order valence-electron chi connectivity index (χ1n) is 10.3. The molecule has 2 heterocycles. The van der Waals surface area contributed by atoms with Crippen LogP contribution in [0.5, 0.6) is 0 Å². The van der Waals surface area contributed by atoms with Crippen molar-refractivity contribution >= 4 is 40.0 Å². The zero-order valence-corrected chi connectivity index (χ0v) is 18.9. The summed E-state index contributed by atoms with van der Waals surface area (Å²) in [5.74, 6) is -0.458. The van der Waals surface area contributed by atoms with Gasteiger partial charge in [0, 0.05) is 24.0 Å². The van der Waals surface area contributed by atoms with Crippen molar-refractivity contribution in [2.75, 3.05) is 17.2 Å². The van der Waals surface area contributed by atoms with Gasteiger partial charge in [0.1, 0.15) is 5.82 Å². The third-order valence-electron chi connectivity index (χ3n) is 5.12. The standard InChI is InChI=1S/C22H27ClN4O4/c1-5-6-10-26-19(24)16(20(28)25-22(26)30)27(11-12(2)3)21(29)17-13(4)14-8-7-9-15(23)18(14)31-17/h7-9,12H,5-6,10-11,24H2,1-4H3,(H,25,28,30). The quantitative estimate of drug-likeness (QED) is 0.570. The Morgan fingerprint density at radius 2 is 2.03 bits per heavy atom. The number of aromatic nitrogens is 2. The van der Waals surface area contributed by atoms with E-state index in [4.69, 9.17) is 21.8 Å². The number of anilines is 2. The van der Waals surface area contributed by atoms with Crippen LogP contribution in [0.2, 0.25) is 5.02 Å². The van der Waals surface area contributed by atoms with E-state index in [1.54, 1.807) is 19.1 Å². The summed E-state index contributed by atoms with van der Waals surface area (Å²) < 4.78 is 7.12. The molecule has 8 nitrogen and oxygen atoms in total. The van der Waals surface area contributed by atoms with Crippen molar-refractivity contribution in [3.05, 3.63) is 55.4 Å². The summed E-state index contributed by atoms with van der Waals surface area (Å²) in [5, 5.41) is 1.11. The minimum absolute atomic E-state index is 0.0204. The van der Waals surface area contributed by atoms with Crippen LogP contribution in [0.4, 0.5) is 11.5 Å². The Morgan fingerprint density at radius 3 is 2.65 bits per heavy atom. The molecule has 0 radical (unpaired) electrons. The van der Waals surface area contributed by atoms with E-state index in [0.717, 1.165) is 11.8 Å². The largest absolute Gasteiger partial charge is 0.449 e. The van der Waals surface area contributed by atoms with Crippen LogP contribution >= 0.6 is 11.6 Å². The number of unbranched alkanes of at least 4 members (excludes halogenated alkanes) is 1. The Balaban J connectivity index is 2.19. The second-order valence-electron chi connectivity index (χ2n) is 7.98. The highest BCUT2D eigenvalue weighted by atomic mass is 35.5. The van der Waals surface area contributed by atoms with E-state index in [9.17, 15) is 14.4 Å². The van der Waals surface area contributed by atoms with Crippen LogP contribution in [-0.4, -0.2) is 22.0 Å². The number of hydrogen-bond acceptors (Lipinski definition) is 5. The lowest BCUT2D eigenvalue weighted by molar-refractivity contribution is 0.0958. The van der Waals surface area contributed by atoms with E-state index in [0.29, 0.717) is 29.1 Å². The van der Waals surface area contributed by atoms with Crippen molar-refractivity contribution in [2.45, 2.75) is 47.1 Å². The fourth-order valence-corrected chi connectivity index (χ4v) is 3.77. The van der Waals surface area contributed by atoms with E-state index in [2.05, 4.69) is 4.98 Å². The monoisotopic (exact) mass is 446 g/mol. The third-order valence-corrected chi connectivity index (χ3v) is 5.42. The Labute approximate surface area is 184 Å². The highest BCUT2D eigenvalue weighted by Crippen LogP contribution is 2.32. The minimum Gasteiger partial charge on any atom is -0.449 e. The molecule has 0 saturated heterocycles. The van der Waals surface area contributed by atoms with E-state index in [1.165, 1.54) is 9.47 Å². The molecular formula is C22H27ClN4O4. The number of rotatable bonds is 7. The molecule has 0 fully saturated rings. The Bertz CT molecular complexity index is 1240. The number of fused-ring (bicyclic) bond motifs is 1. The lowest BCUT2D eigenvalue weighted by Gasteiger charge is -2.25. The van der Waals surface area contributed by atoms with E-state index < -0.39 is 17.2 Å². The number of para-hydroxylation sites is 1. The second-order valence-corrected chi connectivity index (χ2v) is 8.39. The average molecular weight is 447 g/mol. The van der Waals surface area contributed by atoms with Gasteiger partial charge in [-0.3, -0.25) is 24.0 Å². The number of benzene rings is 1. The van der Waals surface area contributed by atoms with Crippen LogP contribution in [0.15, 0.2) is 32.2 Å². The second kappa shape index (κ2) is 9.01. The SMILES string of the molecule is CCCCn1c(N)c(N(CC(C)C)C(=O)c2oc3c(Cl)cccc3c2C)c(=O)[nH]c1=O. The number of aryl methyl sites for hydroxylation is 1. The lowest BCUT2D eigenvalue weighted by atomic mass is 10.1. The molecule has 0 saturated carbocycles. The average Bonchev–Trinajstić information content (AvgIpc) is 3.04. The molecule has 31 heavy (non-hydrogen) atoms. The molecule has 3 aromatic rings. The van der Waals surface area contributed by atoms with Crippen LogP contribution in [0, 0.1) is 12.8 Å². The highest BCUT2D eigenvalue weighted by molar-refractivity contribution is 6.35. The number of nitrogens with two attached hydrogens (primary N) is 1. The number of nitrogens with one attached hydrogen (secondary N) is 1. The molecule has 0 aliphatic heterocycles. The summed E-state index contributed by atoms with van der Waals surface area (Å²) in [5.41, 5.74) is 5.91. The topological polar surface area (TPSA) is 114 Å². The van der Waals surface area contributed by atoms with Gasteiger partial charge in [-0.25, -0.2) is 4.79 Å². The van der Waals surface area contributed by atoms with Gasteiger partial charge < -0.3 is 10.2 Å². The van der Waals surface area contributed by atoms with E-state index in [1.807, 2.05) is 26.8 Å². The summed E-state index contributed by atoms with van der Waals surface area (Å²) in [7, 11) is 0. The molecule has 0 spiro atoms. The molecule has 0 unspecified atom stereocenters. The van der Waals surface area contributed by atoms with Gasteiger partial charge in [-0.15, -0.1) is 0 Å². The Kier molecular flexibility index (Phi) is 6.59. The summed E-state index contributed by atoms with van der Waals surface area (Å²) in [6.45, 7) is 8.13. The van der Waals surface area contributed by atoms with Crippen molar-refractivity contribution in [3.63, 3.8) is 0 Å². The minimum atomic E-state index is -0.712. The van der Waals surface area contributed by atoms with Crippen molar-refractivity contribution in [2.24, 2.45) is 5.92 Å². The van der Waals surface area contributed by atoms with Gasteiger partial charge in [0.05, 0.1) is 5.02 Å². The number of carbonyl (C=O) groups excluding carboxylic acids is 1. The fourth-order valence-electron chi connectivity index (χ4n) is 3.55. The number of aromatic amines is 1. The molecule has 3 N–H and O–H groups in total. The van der Waals surface area contributed by atoms with Crippen molar-refractivity contribution in [1.29, 1.82) is 0 Å². The van der Waals surface area contributed by atoms with Crippen LogP contribution in [0.3, 0.4) is 0 Å². The highest BCUT2D eigenvalue weighted by Gasteiger charge is 2.30. The third kappa shape index (κ3) is 4.25.